The van der Waals surface area contributed by atoms with Crippen molar-refractivity contribution in [2.75, 3.05) is 6.61 Å². The summed E-state index contributed by atoms with van der Waals surface area (Å²) in [6.07, 6.45) is 0. The Hall–Kier alpha value is -2.31. The zero-order valence-corrected chi connectivity index (χ0v) is 12.5. The summed E-state index contributed by atoms with van der Waals surface area (Å²) < 4.78 is 5.44. The second-order valence-electron chi connectivity index (χ2n) is 5.07. The van der Waals surface area contributed by atoms with E-state index >= 15 is 0 Å². The van der Waals surface area contributed by atoms with Crippen LogP contribution < -0.4 is 10.1 Å². The smallest absolute Gasteiger partial charge is 0.174 e. The maximum atomic E-state index is 8.62. The van der Waals surface area contributed by atoms with Crippen LogP contribution in [0.15, 0.2) is 48.5 Å². The standard InChI is InChI=1S/C18H20N2O/c1-14-7-9-16(10-8-14)15(2)20-13-17-5-3-4-6-18(17)21-12-11-19/h3-10,15,20H,12-13H2,1-2H3. The number of rotatable bonds is 6. The van der Waals surface area contributed by atoms with Gasteiger partial charge in [0.1, 0.15) is 11.8 Å². The Balaban J connectivity index is 1.99. The zero-order chi connectivity index (χ0) is 15.1. The third-order valence-corrected chi connectivity index (χ3v) is 3.44. The molecule has 2 aromatic rings. The molecule has 1 atom stereocenters. The van der Waals surface area contributed by atoms with E-state index in [0.717, 1.165) is 11.3 Å². The molecule has 0 aliphatic heterocycles. The van der Waals surface area contributed by atoms with E-state index in [1.807, 2.05) is 30.3 Å². The number of hydrogen-bond donors (Lipinski definition) is 1. The first-order valence-electron chi connectivity index (χ1n) is 7.08. The van der Waals surface area contributed by atoms with Crippen LogP contribution in [0.1, 0.15) is 29.7 Å². The summed E-state index contributed by atoms with van der Waals surface area (Å²) in [5.74, 6) is 0.766. The normalized spacial score (nSPS) is 11.7. The molecular weight excluding hydrogens is 260 g/mol. The summed E-state index contributed by atoms with van der Waals surface area (Å²) in [6.45, 7) is 5.01. The lowest BCUT2D eigenvalue weighted by atomic mass is 10.1. The molecule has 21 heavy (non-hydrogen) atoms. The highest BCUT2D eigenvalue weighted by molar-refractivity contribution is 5.33. The maximum absolute atomic E-state index is 8.62. The molecule has 0 fully saturated rings. The van der Waals surface area contributed by atoms with E-state index in [2.05, 4.69) is 43.4 Å². The van der Waals surface area contributed by atoms with Gasteiger partial charge in [-0.05, 0) is 25.5 Å². The van der Waals surface area contributed by atoms with Gasteiger partial charge in [-0.1, -0.05) is 48.0 Å². The molecular formula is C18H20N2O. The summed E-state index contributed by atoms with van der Waals surface area (Å²) in [5.41, 5.74) is 3.59. The molecule has 0 bridgehead atoms. The van der Waals surface area contributed by atoms with Gasteiger partial charge in [-0.3, -0.25) is 0 Å². The van der Waals surface area contributed by atoms with Gasteiger partial charge in [0.05, 0.1) is 0 Å². The van der Waals surface area contributed by atoms with Crippen LogP contribution in [0.25, 0.3) is 0 Å². The van der Waals surface area contributed by atoms with Gasteiger partial charge in [0.15, 0.2) is 6.61 Å². The van der Waals surface area contributed by atoms with Crippen molar-refractivity contribution in [2.24, 2.45) is 0 Å². The Morgan fingerprint density at radius 2 is 1.86 bits per heavy atom. The monoisotopic (exact) mass is 280 g/mol. The van der Waals surface area contributed by atoms with Crippen LogP contribution in [0.4, 0.5) is 0 Å². The van der Waals surface area contributed by atoms with Crippen molar-refractivity contribution in [2.45, 2.75) is 26.4 Å². The van der Waals surface area contributed by atoms with Crippen molar-refractivity contribution < 1.29 is 4.74 Å². The highest BCUT2D eigenvalue weighted by Gasteiger charge is 2.07. The average molecular weight is 280 g/mol. The summed E-state index contributed by atoms with van der Waals surface area (Å²) in [5, 5.41) is 12.1. The lowest BCUT2D eigenvalue weighted by molar-refractivity contribution is 0.361. The first kappa shape index (κ1) is 15.1. The van der Waals surface area contributed by atoms with E-state index in [0.29, 0.717) is 6.54 Å². The SMILES string of the molecule is Cc1ccc(C(C)NCc2ccccc2OCC#N)cc1. The number of nitrogens with zero attached hydrogens (tertiary/aromatic N) is 1. The van der Waals surface area contributed by atoms with Gasteiger partial charge in [0, 0.05) is 18.2 Å². The van der Waals surface area contributed by atoms with Crippen molar-refractivity contribution in [3.63, 3.8) is 0 Å². The summed E-state index contributed by atoms with van der Waals surface area (Å²) >= 11 is 0. The minimum atomic E-state index is 0.0739. The predicted molar refractivity (Wildman–Crippen MR) is 84.0 cm³/mol. The number of benzene rings is 2. The van der Waals surface area contributed by atoms with Gasteiger partial charge in [0.25, 0.3) is 0 Å². The van der Waals surface area contributed by atoms with Crippen molar-refractivity contribution in [1.82, 2.24) is 5.32 Å². The average Bonchev–Trinajstić information content (AvgIpc) is 2.52. The van der Waals surface area contributed by atoms with Crippen molar-refractivity contribution >= 4 is 0 Å². The van der Waals surface area contributed by atoms with Gasteiger partial charge >= 0.3 is 0 Å². The second kappa shape index (κ2) is 7.47. The van der Waals surface area contributed by atoms with Gasteiger partial charge in [-0.25, -0.2) is 0 Å². The number of para-hydroxylation sites is 1. The Labute approximate surface area is 126 Å². The summed E-state index contributed by atoms with van der Waals surface area (Å²) in [7, 11) is 0. The van der Waals surface area contributed by atoms with E-state index in [1.165, 1.54) is 11.1 Å². The molecule has 0 radical (unpaired) electrons. The van der Waals surface area contributed by atoms with Gasteiger partial charge < -0.3 is 10.1 Å². The van der Waals surface area contributed by atoms with Gasteiger partial charge in [-0.2, -0.15) is 5.26 Å². The number of hydrogen-bond acceptors (Lipinski definition) is 3. The first-order valence-corrected chi connectivity index (χ1v) is 7.08. The number of ether oxygens (including phenoxy) is 1. The number of nitriles is 1. The van der Waals surface area contributed by atoms with Crippen LogP contribution in [0.2, 0.25) is 0 Å². The van der Waals surface area contributed by atoms with E-state index in [-0.39, 0.29) is 12.6 Å². The quantitative estimate of drug-likeness (QED) is 0.876. The van der Waals surface area contributed by atoms with Crippen LogP contribution >= 0.6 is 0 Å². The summed E-state index contributed by atoms with van der Waals surface area (Å²) in [6, 6.07) is 18.6. The number of aryl methyl sites for hydroxylation is 1. The Morgan fingerprint density at radius 1 is 1.14 bits per heavy atom. The molecule has 2 aromatic carbocycles. The minimum absolute atomic E-state index is 0.0739. The second-order valence-corrected chi connectivity index (χ2v) is 5.07. The lowest BCUT2D eigenvalue weighted by Gasteiger charge is -2.16. The molecule has 1 unspecified atom stereocenters. The Bertz CT molecular complexity index is 614. The molecule has 108 valence electrons. The molecule has 0 aromatic heterocycles. The molecule has 1 N–H and O–H groups in total. The Kier molecular flexibility index (Phi) is 5.36. The van der Waals surface area contributed by atoms with Gasteiger partial charge in [-0.15, -0.1) is 0 Å². The molecule has 0 heterocycles. The van der Waals surface area contributed by atoms with E-state index in [4.69, 9.17) is 10.00 Å². The Morgan fingerprint density at radius 3 is 2.57 bits per heavy atom. The van der Waals surface area contributed by atoms with Gasteiger partial charge in [0.2, 0.25) is 0 Å². The largest absolute Gasteiger partial charge is 0.478 e. The maximum Gasteiger partial charge on any atom is 0.174 e. The fourth-order valence-electron chi connectivity index (χ4n) is 2.14. The fraction of sp³-hybridized carbons (Fsp3) is 0.278. The topological polar surface area (TPSA) is 45.0 Å². The van der Waals surface area contributed by atoms with E-state index < -0.39 is 0 Å². The molecule has 0 saturated carbocycles. The molecule has 0 aliphatic carbocycles. The first-order chi connectivity index (χ1) is 10.2. The van der Waals surface area contributed by atoms with E-state index in [1.54, 1.807) is 0 Å². The molecule has 0 spiro atoms. The van der Waals surface area contributed by atoms with Crippen molar-refractivity contribution in [1.29, 1.82) is 5.26 Å². The predicted octanol–water partition coefficient (Wildman–Crippen LogP) is 3.75. The van der Waals surface area contributed by atoms with Crippen LogP contribution in [0.3, 0.4) is 0 Å². The van der Waals surface area contributed by atoms with Crippen LogP contribution in [0, 0.1) is 18.3 Å². The molecule has 3 nitrogen and oxygen atoms in total. The molecule has 0 saturated heterocycles. The highest BCUT2D eigenvalue weighted by Crippen LogP contribution is 2.20. The highest BCUT2D eigenvalue weighted by atomic mass is 16.5. The molecule has 3 heteroatoms. The fourth-order valence-corrected chi connectivity index (χ4v) is 2.14. The van der Waals surface area contributed by atoms with Crippen molar-refractivity contribution in [3.8, 4) is 11.8 Å². The third-order valence-electron chi connectivity index (χ3n) is 3.44. The van der Waals surface area contributed by atoms with Crippen molar-refractivity contribution in [3.05, 3.63) is 65.2 Å². The van der Waals surface area contributed by atoms with E-state index in [9.17, 15) is 0 Å². The molecule has 2 rings (SSSR count). The van der Waals surface area contributed by atoms with Crippen LogP contribution in [-0.2, 0) is 6.54 Å². The minimum Gasteiger partial charge on any atom is -0.478 e. The lowest BCUT2D eigenvalue weighted by Crippen LogP contribution is -2.18. The molecule has 0 aliphatic rings. The number of nitrogens with one attached hydrogen (secondary N) is 1. The third kappa shape index (κ3) is 4.34. The summed E-state index contributed by atoms with van der Waals surface area (Å²) in [4.78, 5) is 0. The van der Waals surface area contributed by atoms with Crippen LogP contribution in [-0.4, -0.2) is 6.61 Å². The van der Waals surface area contributed by atoms with Crippen LogP contribution in [0.5, 0.6) is 5.75 Å². The zero-order valence-electron chi connectivity index (χ0n) is 12.5. The molecule has 0 amide bonds.